The summed E-state index contributed by atoms with van der Waals surface area (Å²) in [6.45, 7) is 6.28. The molecule has 0 radical (unpaired) electrons. The van der Waals surface area contributed by atoms with Crippen molar-refractivity contribution in [3.05, 3.63) is 35.9 Å². The van der Waals surface area contributed by atoms with Crippen molar-refractivity contribution in [2.24, 2.45) is 11.7 Å². The quantitative estimate of drug-likeness (QED) is 0.622. The molecule has 1 aliphatic carbocycles. The number of ether oxygens (including phenoxy) is 1. The van der Waals surface area contributed by atoms with Gasteiger partial charge in [-0.2, -0.15) is 0 Å². The highest BCUT2D eigenvalue weighted by atomic mass is 35.5. The van der Waals surface area contributed by atoms with Crippen molar-refractivity contribution >= 4 is 30.7 Å². The fourth-order valence-corrected chi connectivity index (χ4v) is 4.59. The molecule has 3 unspecified atom stereocenters. The number of carbonyl (C=O) groups is 1. The van der Waals surface area contributed by atoms with Crippen molar-refractivity contribution in [1.82, 2.24) is 10.6 Å². The van der Waals surface area contributed by atoms with Crippen molar-refractivity contribution in [3.63, 3.8) is 0 Å². The van der Waals surface area contributed by atoms with Gasteiger partial charge in [0.25, 0.3) is 0 Å². The van der Waals surface area contributed by atoms with E-state index in [1.165, 1.54) is 5.56 Å². The molecule has 1 heterocycles. The lowest BCUT2D eigenvalue weighted by molar-refractivity contribution is -0.128. The number of nitrogens with two attached hydrogens (primary N) is 1. The van der Waals surface area contributed by atoms with Gasteiger partial charge in [0.05, 0.1) is 5.92 Å². The molecule has 166 valence electrons. The van der Waals surface area contributed by atoms with Crippen LogP contribution in [0.4, 0.5) is 0 Å². The normalized spacial score (nSPS) is 27.1. The van der Waals surface area contributed by atoms with Crippen molar-refractivity contribution < 1.29 is 9.53 Å². The van der Waals surface area contributed by atoms with Crippen molar-refractivity contribution in [1.29, 1.82) is 0 Å². The first-order valence-corrected chi connectivity index (χ1v) is 10.4. The summed E-state index contributed by atoms with van der Waals surface area (Å²) in [5, 5.41) is 7.04. The van der Waals surface area contributed by atoms with Gasteiger partial charge in [0.15, 0.2) is 0 Å². The van der Waals surface area contributed by atoms with Gasteiger partial charge in [0, 0.05) is 36.9 Å². The summed E-state index contributed by atoms with van der Waals surface area (Å²) in [6.07, 6.45) is 5.82. The van der Waals surface area contributed by atoms with E-state index in [9.17, 15) is 4.79 Å². The monoisotopic (exact) mass is 445 g/mol. The van der Waals surface area contributed by atoms with Crippen LogP contribution in [-0.2, 0) is 9.53 Å². The largest absolute Gasteiger partial charge is 0.381 e. The predicted molar refractivity (Wildman–Crippen MR) is 123 cm³/mol. The zero-order chi connectivity index (χ0) is 19.3. The molecule has 2 fully saturated rings. The van der Waals surface area contributed by atoms with Crippen LogP contribution in [0.1, 0.15) is 64.0 Å². The first kappa shape index (κ1) is 26.2. The predicted octanol–water partition coefficient (Wildman–Crippen LogP) is 3.75. The van der Waals surface area contributed by atoms with Crippen molar-refractivity contribution in [2.75, 3.05) is 19.8 Å². The van der Waals surface area contributed by atoms with Crippen LogP contribution in [0.2, 0.25) is 0 Å². The number of hydrogen-bond acceptors (Lipinski definition) is 4. The number of benzene rings is 1. The summed E-state index contributed by atoms with van der Waals surface area (Å²) in [7, 11) is 0. The third-order valence-electron chi connectivity index (χ3n) is 6.44. The minimum atomic E-state index is -0.393. The summed E-state index contributed by atoms with van der Waals surface area (Å²) < 4.78 is 5.60. The van der Waals surface area contributed by atoms with Crippen LogP contribution in [0.3, 0.4) is 0 Å². The van der Waals surface area contributed by atoms with E-state index in [2.05, 4.69) is 41.8 Å². The number of halogens is 2. The first-order valence-electron chi connectivity index (χ1n) is 10.4. The second-order valence-corrected chi connectivity index (χ2v) is 8.69. The van der Waals surface area contributed by atoms with Gasteiger partial charge in [-0.3, -0.25) is 4.79 Å². The molecule has 1 aliphatic heterocycles. The molecule has 3 atom stereocenters. The molecule has 1 aromatic rings. The first-order chi connectivity index (χ1) is 12.9. The number of rotatable bonds is 6. The van der Waals surface area contributed by atoms with Gasteiger partial charge >= 0.3 is 0 Å². The molecule has 0 bridgehead atoms. The molecular weight excluding hydrogens is 409 g/mol. The van der Waals surface area contributed by atoms with E-state index in [4.69, 9.17) is 10.5 Å². The van der Waals surface area contributed by atoms with E-state index in [1.807, 2.05) is 13.0 Å². The molecule has 0 spiro atoms. The van der Waals surface area contributed by atoms with E-state index in [0.29, 0.717) is 6.54 Å². The Morgan fingerprint density at radius 3 is 2.45 bits per heavy atom. The smallest absolute Gasteiger partial charge is 0.225 e. The average Bonchev–Trinajstić information content (AvgIpc) is 2.67. The maximum atomic E-state index is 12.9. The molecule has 1 amide bonds. The average molecular weight is 446 g/mol. The molecule has 2 aliphatic rings. The molecule has 5 nitrogen and oxygen atoms in total. The third-order valence-corrected chi connectivity index (χ3v) is 6.44. The zero-order valence-corrected chi connectivity index (χ0v) is 19.2. The fourth-order valence-electron chi connectivity index (χ4n) is 4.59. The maximum absolute atomic E-state index is 12.9. The van der Waals surface area contributed by atoms with Gasteiger partial charge in [0.2, 0.25) is 5.91 Å². The number of amides is 1. The molecular formula is C22H37Cl2N3O2. The SMILES string of the molecule is CC(NC1(CNC(=O)C2CCCCC2(C)N)CCOCC1)c1ccccc1.Cl.Cl. The van der Waals surface area contributed by atoms with Crippen LogP contribution < -0.4 is 16.4 Å². The number of hydrogen-bond donors (Lipinski definition) is 3. The van der Waals surface area contributed by atoms with E-state index in [1.54, 1.807) is 0 Å². The highest BCUT2D eigenvalue weighted by Crippen LogP contribution is 2.32. The van der Waals surface area contributed by atoms with Gasteiger partial charge in [0.1, 0.15) is 0 Å². The Labute approximate surface area is 187 Å². The molecule has 1 saturated heterocycles. The minimum absolute atomic E-state index is 0. The summed E-state index contributed by atoms with van der Waals surface area (Å²) in [5.74, 6) is 0.0226. The Morgan fingerprint density at radius 1 is 1.17 bits per heavy atom. The van der Waals surface area contributed by atoms with Crippen molar-refractivity contribution in [3.8, 4) is 0 Å². The lowest BCUT2D eigenvalue weighted by Crippen LogP contribution is -2.59. The van der Waals surface area contributed by atoms with E-state index in [0.717, 1.165) is 51.7 Å². The van der Waals surface area contributed by atoms with Gasteiger partial charge in [-0.25, -0.2) is 0 Å². The molecule has 7 heteroatoms. The Hall–Kier alpha value is -0.850. The van der Waals surface area contributed by atoms with Crippen molar-refractivity contribution in [2.45, 2.75) is 69.5 Å². The van der Waals surface area contributed by atoms with E-state index >= 15 is 0 Å². The summed E-state index contributed by atoms with van der Waals surface area (Å²) in [5.41, 5.74) is 7.16. The Morgan fingerprint density at radius 2 is 1.83 bits per heavy atom. The lowest BCUT2D eigenvalue weighted by atomic mass is 9.74. The standard InChI is InChI=1S/C22H35N3O2.2ClH/c1-17(18-8-4-3-5-9-18)25-22(12-14-27-15-13-22)16-24-20(26)19-10-6-7-11-21(19,2)23;;/h3-5,8-9,17,19,25H,6-7,10-16,23H2,1-2H3,(H,24,26);2*1H. The fraction of sp³-hybridized carbons (Fsp3) is 0.682. The lowest BCUT2D eigenvalue weighted by Gasteiger charge is -2.42. The maximum Gasteiger partial charge on any atom is 0.225 e. The molecule has 1 aromatic carbocycles. The zero-order valence-electron chi connectivity index (χ0n) is 17.6. The van der Waals surface area contributed by atoms with Gasteiger partial charge in [-0.1, -0.05) is 43.2 Å². The van der Waals surface area contributed by atoms with E-state index < -0.39 is 5.54 Å². The molecule has 29 heavy (non-hydrogen) atoms. The second kappa shape index (κ2) is 11.5. The molecule has 0 aromatic heterocycles. The van der Waals surface area contributed by atoms with Crippen LogP contribution in [0.25, 0.3) is 0 Å². The molecule has 4 N–H and O–H groups in total. The van der Waals surface area contributed by atoms with Crippen LogP contribution >= 0.6 is 24.8 Å². The van der Waals surface area contributed by atoms with Gasteiger partial charge in [-0.05, 0) is 45.1 Å². The Bertz CT molecular complexity index is 622. The molecule has 1 saturated carbocycles. The van der Waals surface area contributed by atoms with Crippen LogP contribution in [0, 0.1) is 5.92 Å². The second-order valence-electron chi connectivity index (χ2n) is 8.69. The summed E-state index contributed by atoms with van der Waals surface area (Å²) >= 11 is 0. The van der Waals surface area contributed by atoms with Crippen LogP contribution in [0.5, 0.6) is 0 Å². The topological polar surface area (TPSA) is 76.4 Å². The summed E-state index contributed by atoms with van der Waals surface area (Å²) in [4.78, 5) is 12.9. The summed E-state index contributed by atoms with van der Waals surface area (Å²) in [6, 6.07) is 10.7. The highest BCUT2D eigenvalue weighted by Gasteiger charge is 2.40. The third kappa shape index (κ3) is 6.83. The molecule has 3 rings (SSSR count). The van der Waals surface area contributed by atoms with Gasteiger partial charge < -0.3 is 21.1 Å². The van der Waals surface area contributed by atoms with Gasteiger partial charge in [-0.15, -0.1) is 24.8 Å². The number of nitrogens with one attached hydrogen (secondary N) is 2. The number of carbonyl (C=O) groups excluding carboxylic acids is 1. The minimum Gasteiger partial charge on any atom is -0.381 e. The highest BCUT2D eigenvalue weighted by molar-refractivity contribution is 5.85. The van der Waals surface area contributed by atoms with Crippen LogP contribution in [0.15, 0.2) is 30.3 Å². The van der Waals surface area contributed by atoms with E-state index in [-0.39, 0.29) is 48.2 Å². The van der Waals surface area contributed by atoms with Crippen LogP contribution in [-0.4, -0.2) is 36.7 Å². The Kier molecular flexibility index (Phi) is 10.4. The Balaban J connectivity index is 0.00000210.